The van der Waals surface area contributed by atoms with Crippen molar-refractivity contribution in [3.8, 4) is 0 Å². The van der Waals surface area contributed by atoms with Crippen molar-refractivity contribution >= 4 is 9.84 Å². The molecule has 0 saturated heterocycles. The summed E-state index contributed by atoms with van der Waals surface area (Å²) in [5.41, 5.74) is 0.712. The van der Waals surface area contributed by atoms with E-state index in [0.29, 0.717) is 18.4 Å². The van der Waals surface area contributed by atoms with E-state index in [1.807, 2.05) is 0 Å². The van der Waals surface area contributed by atoms with Gasteiger partial charge >= 0.3 is 0 Å². The van der Waals surface area contributed by atoms with E-state index in [9.17, 15) is 13.5 Å². The van der Waals surface area contributed by atoms with E-state index in [4.69, 9.17) is 0 Å². The van der Waals surface area contributed by atoms with Crippen LogP contribution in [0, 0.1) is 5.92 Å². The summed E-state index contributed by atoms with van der Waals surface area (Å²) in [7, 11) is -3.01. The van der Waals surface area contributed by atoms with E-state index in [1.165, 1.54) is 18.6 Å². The van der Waals surface area contributed by atoms with Crippen LogP contribution in [0.25, 0.3) is 0 Å². The lowest BCUT2D eigenvalue weighted by atomic mass is 9.83. The van der Waals surface area contributed by atoms with Gasteiger partial charge in [0.05, 0.1) is 17.6 Å². The molecule has 1 aliphatic rings. The predicted molar refractivity (Wildman–Crippen MR) is 67.6 cm³/mol. The maximum absolute atomic E-state index is 11.6. The molecule has 0 bridgehead atoms. The summed E-state index contributed by atoms with van der Waals surface area (Å²) in [6.07, 6.45) is 6.64. The van der Waals surface area contributed by atoms with Gasteiger partial charge in [-0.3, -0.25) is 0 Å². The molecule has 1 saturated carbocycles. The second kappa shape index (κ2) is 5.32. The normalized spacial score (nSPS) is 26.8. The molecule has 1 aliphatic carbocycles. The lowest BCUT2D eigenvalue weighted by molar-refractivity contribution is 0.0853. The minimum Gasteiger partial charge on any atom is -0.388 e. The second-order valence-electron chi connectivity index (χ2n) is 5.00. The molecule has 1 N–H and O–H groups in total. The summed E-state index contributed by atoms with van der Waals surface area (Å²) in [5.74, 6) is -0.0114. The Bertz CT molecular complexity index is 489. The van der Waals surface area contributed by atoms with Crippen LogP contribution in [0.3, 0.4) is 0 Å². The van der Waals surface area contributed by atoms with Gasteiger partial charge in [0, 0.05) is 18.0 Å². The number of aromatic nitrogens is 2. The molecule has 1 fully saturated rings. The first kappa shape index (κ1) is 13.4. The Labute approximate surface area is 107 Å². The SMILES string of the molecule is CS(=O)(=O)C1CCCC(C(O)c2ccnnc2)C1. The van der Waals surface area contributed by atoms with Crippen molar-refractivity contribution in [2.24, 2.45) is 5.92 Å². The maximum atomic E-state index is 11.6. The van der Waals surface area contributed by atoms with Crippen molar-refractivity contribution in [1.82, 2.24) is 10.2 Å². The second-order valence-corrected chi connectivity index (χ2v) is 7.32. The van der Waals surface area contributed by atoms with E-state index in [-0.39, 0.29) is 11.2 Å². The molecule has 18 heavy (non-hydrogen) atoms. The van der Waals surface area contributed by atoms with Gasteiger partial charge in [-0.15, -0.1) is 0 Å². The van der Waals surface area contributed by atoms with Crippen molar-refractivity contribution in [2.45, 2.75) is 37.0 Å². The van der Waals surface area contributed by atoms with Crippen LogP contribution in [0.4, 0.5) is 0 Å². The van der Waals surface area contributed by atoms with Crippen molar-refractivity contribution < 1.29 is 13.5 Å². The average Bonchev–Trinajstić information content (AvgIpc) is 2.38. The van der Waals surface area contributed by atoms with Crippen LogP contribution in [0.15, 0.2) is 18.5 Å². The van der Waals surface area contributed by atoms with Crippen molar-refractivity contribution in [2.75, 3.05) is 6.26 Å². The van der Waals surface area contributed by atoms with Crippen molar-refractivity contribution in [3.63, 3.8) is 0 Å². The number of aliphatic hydroxyl groups is 1. The number of sulfone groups is 1. The molecular formula is C12H18N2O3S. The Morgan fingerprint density at radius 1 is 1.39 bits per heavy atom. The summed E-state index contributed by atoms with van der Waals surface area (Å²) in [6, 6.07) is 1.72. The molecular weight excluding hydrogens is 252 g/mol. The van der Waals surface area contributed by atoms with E-state index in [0.717, 1.165) is 12.8 Å². The van der Waals surface area contributed by atoms with Gasteiger partial charge in [0.25, 0.3) is 0 Å². The van der Waals surface area contributed by atoms with Gasteiger partial charge in [-0.2, -0.15) is 10.2 Å². The van der Waals surface area contributed by atoms with Crippen LogP contribution in [0.5, 0.6) is 0 Å². The highest BCUT2D eigenvalue weighted by molar-refractivity contribution is 7.91. The van der Waals surface area contributed by atoms with Crippen LogP contribution < -0.4 is 0 Å². The summed E-state index contributed by atoms with van der Waals surface area (Å²) in [5, 5.41) is 17.4. The molecule has 5 nitrogen and oxygen atoms in total. The van der Waals surface area contributed by atoms with Crippen LogP contribution in [-0.2, 0) is 9.84 Å². The standard InChI is InChI=1S/C12H18N2O3S/c1-18(16,17)11-4-2-3-9(7-11)12(15)10-5-6-13-14-8-10/h5-6,8-9,11-12,15H,2-4,7H2,1H3. The molecule has 6 heteroatoms. The fraction of sp³-hybridized carbons (Fsp3) is 0.667. The fourth-order valence-electron chi connectivity index (χ4n) is 2.60. The minimum absolute atomic E-state index is 0.0114. The molecule has 0 amide bonds. The van der Waals surface area contributed by atoms with Gasteiger partial charge in [-0.1, -0.05) is 6.42 Å². The first-order valence-electron chi connectivity index (χ1n) is 6.12. The van der Waals surface area contributed by atoms with E-state index in [1.54, 1.807) is 6.07 Å². The minimum atomic E-state index is -3.01. The quantitative estimate of drug-likeness (QED) is 0.890. The largest absolute Gasteiger partial charge is 0.388 e. The first-order valence-corrected chi connectivity index (χ1v) is 8.07. The number of rotatable bonds is 3. The van der Waals surface area contributed by atoms with Gasteiger partial charge in [0.2, 0.25) is 0 Å². The Morgan fingerprint density at radius 2 is 2.17 bits per heavy atom. The highest BCUT2D eigenvalue weighted by Gasteiger charge is 2.32. The topological polar surface area (TPSA) is 80.2 Å². The summed E-state index contributed by atoms with van der Waals surface area (Å²) in [4.78, 5) is 0. The molecule has 1 aromatic heterocycles. The summed E-state index contributed by atoms with van der Waals surface area (Å²) >= 11 is 0. The lowest BCUT2D eigenvalue weighted by Crippen LogP contribution is -2.30. The molecule has 1 aromatic rings. The molecule has 3 unspecified atom stereocenters. The number of nitrogens with zero attached hydrogens (tertiary/aromatic N) is 2. The predicted octanol–water partition coefficient (Wildman–Crippen LogP) is 1.11. The Morgan fingerprint density at radius 3 is 2.78 bits per heavy atom. The summed E-state index contributed by atoms with van der Waals surface area (Å²) in [6.45, 7) is 0. The highest BCUT2D eigenvalue weighted by atomic mass is 32.2. The Balaban J connectivity index is 2.10. The van der Waals surface area contributed by atoms with Gasteiger partial charge in [0.15, 0.2) is 0 Å². The van der Waals surface area contributed by atoms with Crippen LogP contribution >= 0.6 is 0 Å². The third-order valence-electron chi connectivity index (χ3n) is 3.67. The molecule has 1 heterocycles. The third kappa shape index (κ3) is 3.05. The first-order chi connectivity index (χ1) is 8.48. The van der Waals surface area contributed by atoms with E-state index >= 15 is 0 Å². The monoisotopic (exact) mass is 270 g/mol. The highest BCUT2D eigenvalue weighted by Crippen LogP contribution is 2.36. The zero-order chi connectivity index (χ0) is 13.2. The number of aliphatic hydroxyl groups excluding tert-OH is 1. The van der Waals surface area contributed by atoms with Gasteiger partial charge < -0.3 is 5.11 Å². The lowest BCUT2D eigenvalue weighted by Gasteiger charge is -2.31. The fourth-order valence-corrected chi connectivity index (χ4v) is 3.80. The third-order valence-corrected chi connectivity index (χ3v) is 5.31. The van der Waals surface area contributed by atoms with Gasteiger partial charge in [0.1, 0.15) is 9.84 Å². The average molecular weight is 270 g/mol. The van der Waals surface area contributed by atoms with E-state index in [2.05, 4.69) is 10.2 Å². The Kier molecular flexibility index (Phi) is 3.97. The van der Waals surface area contributed by atoms with Gasteiger partial charge in [-0.05, 0) is 31.2 Å². The molecule has 3 atom stereocenters. The maximum Gasteiger partial charge on any atom is 0.150 e. The number of hydrogen-bond donors (Lipinski definition) is 1. The van der Waals surface area contributed by atoms with Crippen LogP contribution in [0.2, 0.25) is 0 Å². The van der Waals surface area contributed by atoms with Crippen molar-refractivity contribution in [1.29, 1.82) is 0 Å². The van der Waals surface area contributed by atoms with Crippen LogP contribution in [0.1, 0.15) is 37.4 Å². The molecule has 0 radical (unpaired) electrons. The molecule has 0 spiro atoms. The Hall–Kier alpha value is -1.01. The molecule has 100 valence electrons. The molecule has 0 aliphatic heterocycles. The number of hydrogen-bond acceptors (Lipinski definition) is 5. The zero-order valence-corrected chi connectivity index (χ0v) is 11.2. The van der Waals surface area contributed by atoms with E-state index < -0.39 is 15.9 Å². The smallest absolute Gasteiger partial charge is 0.150 e. The summed E-state index contributed by atoms with van der Waals surface area (Å²) < 4.78 is 23.2. The molecule has 0 aromatic carbocycles. The molecule has 2 rings (SSSR count). The van der Waals surface area contributed by atoms with Gasteiger partial charge in [-0.25, -0.2) is 8.42 Å². The zero-order valence-electron chi connectivity index (χ0n) is 10.4. The van der Waals surface area contributed by atoms with Crippen molar-refractivity contribution in [3.05, 3.63) is 24.0 Å². The van der Waals surface area contributed by atoms with Crippen LogP contribution in [-0.4, -0.2) is 35.2 Å².